The van der Waals surface area contributed by atoms with Crippen LogP contribution in [-0.2, 0) is 16.6 Å². The second-order valence-electron chi connectivity index (χ2n) is 8.81. The number of thiazole rings is 1. The maximum Gasteiger partial charge on any atom is 0.260 e. The van der Waals surface area contributed by atoms with E-state index in [9.17, 15) is 13.2 Å². The van der Waals surface area contributed by atoms with Crippen LogP contribution >= 0.6 is 35.3 Å². The first-order valence-electron chi connectivity index (χ1n) is 11.9. The number of sulfonamides is 1. The summed E-state index contributed by atoms with van der Waals surface area (Å²) >= 11 is 7.54. The van der Waals surface area contributed by atoms with Crippen LogP contribution < -0.4 is 4.90 Å². The number of aromatic nitrogens is 1. The van der Waals surface area contributed by atoms with Crippen molar-refractivity contribution in [3.63, 3.8) is 0 Å². The molecule has 1 aromatic heterocycles. The molecule has 4 rings (SSSR count). The van der Waals surface area contributed by atoms with Gasteiger partial charge in [0, 0.05) is 36.8 Å². The first-order valence-corrected chi connectivity index (χ1v) is 14.5. The minimum atomic E-state index is -3.73. The van der Waals surface area contributed by atoms with Gasteiger partial charge in [-0.25, -0.2) is 13.4 Å². The van der Waals surface area contributed by atoms with E-state index in [1.54, 1.807) is 23.1 Å². The van der Waals surface area contributed by atoms with Crippen LogP contribution in [0.15, 0.2) is 77.7 Å². The normalized spacial score (nSPS) is 11.6. The van der Waals surface area contributed by atoms with E-state index < -0.39 is 10.0 Å². The summed E-state index contributed by atoms with van der Waals surface area (Å²) in [6, 6.07) is 21.0. The zero-order chi connectivity index (χ0) is 26.6. The Morgan fingerprint density at radius 3 is 2.29 bits per heavy atom. The number of likely N-dealkylation sites (N-methyl/N-ethyl adjacent to an activating group) is 1. The number of amides is 1. The fourth-order valence-electron chi connectivity index (χ4n) is 3.81. The molecular weight excluding hydrogens is 563 g/mol. The van der Waals surface area contributed by atoms with Crippen LogP contribution in [0.4, 0.5) is 5.13 Å². The number of hydrogen-bond donors (Lipinski definition) is 0. The molecule has 0 aliphatic heterocycles. The smallest absolute Gasteiger partial charge is 0.260 e. The predicted molar refractivity (Wildman–Crippen MR) is 158 cm³/mol. The topological polar surface area (TPSA) is 73.8 Å². The zero-order valence-corrected chi connectivity index (χ0v) is 24.6. The molecule has 7 nitrogen and oxygen atoms in total. The molecule has 202 valence electrons. The summed E-state index contributed by atoms with van der Waals surface area (Å²) in [6.45, 7) is 3.49. The minimum Gasteiger partial charge on any atom is -0.308 e. The number of halogens is 2. The van der Waals surface area contributed by atoms with E-state index in [-0.39, 0.29) is 29.8 Å². The van der Waals surface area contributed by atoms with Gasteiger partial charge in [0.15, 0.2) is 5.13 Å². The number of fused-ring (bicyclic) bond motifs is 1. The average molecular weight is 594 g/mol. The number of hydrogen-bond acceptors (Lipinski definition) is 6. The molecule has 0 N–H and O–H groups in total. The van der Waals surface area contributed by atoms with Gasteiger partial charge in [0.2, 0.25) is 10.0 Å². The molecule has 0 unspecified atom stereocenters. The van der Waals surface area contributed by atoms with Gasteiger partial charge < -0.3 is 4.90 Å². The van der Waals surface area contributed by atoms with Gasteiger partial charge in [0.05, 0.1) is 15.1 Å². The quantitative estimate of drug-likeness (QED) is 0.233. The van der Waals surface area contributed by atoms with E-state index in [1.165, 1.54) is 27.8 Å². The van der Waals surface area contributed by atoms with Crippen molar-refractivity contribution in [2.45, 2.75) is 18.4 Å². The molecule has 0 spiro atoms. The molecule has 1 amide bonds. The standard InChI is InChI=1S/C27H29ClN4O3S2.ClH/c1-4-31(19-20-8-6-5-7-9-20)37(34,35)23-13-10-21(11-14-23)26(33)32(17-16-30(2)3)27-29-24-15-12-22(28)18-25(24)36-27;/h5-15,18H,4,16-17,19H2,1-3H3;1H. The summed E-state index contributed by atoms with van der Waals surface area (Å²) in [4.78, 5) is 22.0. The van der Waals surface area contributed by atoms with E-state index in [4.69, 9.17) is 11.6 Å². The highest BCUT2D eigenvalue weighted by Crippen LogP contribution is 2.31. The summed E-state index contributed by atoms with van der Waals surface area (Å²) in [5.74, 6) is -0.243. The summed E-state index contributed by atoms with van der Waals surface area (Å²) in [6.07, 6.45) is 0. The largest absolute Gasteiger partial charge is 0.308 e. The fraction of sp³-hybridized carbons (Fsp3) is 0.259. The van der Waals surface area contributed by atoms with E-state index in [1.807, 2.05) is 68.4 Å². The molecule has 0 fully saturated rings. The molecular formula is C27H30Cl2N4O3S2. The number of benzene rings is 3. The van der Waals surface area contributed by atoms with Gasteiger partial charge in [-0.1, -0.05) is 60.2 Å². The number of carbonyl (C=O) groups is 1. The SMILES string of the molecule is CCN(Cc1ccccc1)S(=O)(=O)c1ccc(C(=O)N(CCN(C)C)c2nc3ccc(Cl)cc3s2)cc1.Cl. The number of rotatable bonds is 10. The monoisotopic (exact) mass is 592 g/mol. The zero-order valence-electron chi connectivity index (χ0n) is 21.4. The second-order valence-corrected chi connectivity index (χ2v) is 12.2. The molecule has 0 saturated heterocycles. The average Bonchev–Trinajstić information content (AvgIpc) is 3.30. The lowest BCUT2D eigenvalue weighted by molar-refractivity contribution is 0.0985. The maximum absolute atomic E-state index is 13.6. The fourth-order valence-corrected chi connectivity index (χ4v) is 6.52. The van der Waals surface area contributed by atoms with Crippen molar-refractivity contribution >= 4 is 66.6 Å². The Bertz CT molecular complexity index is 1480. The molecule has 0 bridgehead atoms. The Labute approximate surface area is 239 Å². The Hall–Kier alpha value is -2.53. The van der Waals surface area contributed by atoms with Crippen molar-refractivity contribution < 1.29 is 13.2 Å². The van der Waals surface area contributed by atoms with Crippen LogP contribution in [0, 0.1) is 0 Å². The Kier molecular flexibility index (Phi) is 10.3. The molecule has 1 heterocycles. The molecule has 38 heavy (non-hydrogen) atoms. The molecule has 0 aliphatic rings. The molecule has 0 aliphatic carbocycles. The Morgan fingerprint density at radius 1 is 0.974 bits per heavy atom. The minimum absolute atomic E-state index is 0. The van der Waals surface area contributed by atoms with Crippen LogP contribution in [0.5, 0.6) is 0 Å². The first kappa shape index (κ1) is 30.0. The van der Waals surface area contributed by atoms with Crippen molar-refractivity contribution in [3.05, 3.63) is 88.9 Å². The Balaban J connectivity index is 0.00000400. The van der Waals surface area contributed by atoms with Gasteiger partial charge in [-0.3, -0.25) is 9.69 Å². The second kappa shape index (κ2) is 13.0. The molecule has 0 radical (unpaired) electrons. The summed E-state index contributed by atoms with van der Waals surface area (Å²) in [5.41, 5.74) is 2.07. The van der Waals surface area contributed by atoms with E-state index in [0.717, 1.165) is 15.8 Å². The molecule has 3 aromatic carbocycles. The highest BCUT2D eigenvalue weighted by molar-refractivity contribution is 7.89. The number of carbonyl (C=O) groups excluding carboxylic acids is 1. The van der Waals surface area contributed by atoms with E-state index in [2.05, 4.69) is 4.98 Å². The summed E-state index contributed by atoms with van der Waals surface area (Å²) < 4.78 is 28.9. The van der Waals surface area contributed by atoms with Gasteiger partial charge in [0.1, 0.15) is 0 Å². The molecule has 4 aromatic rings. The van der Waals surface area contributed by atoms with Gasteiger partial charge in [-0.05, 0) is 62.1 Å². The third-order valence-electron chi connectivity index (χ3n) is 5.88. The van der Waals surface area contributed by atoms with Gasteiger partial charge in [0.25, 0.3) is 5.91 Å². The number of nitrogens with zero attached hydrogens (tertiary/aromatic N) is 4. The van der Waals surface area contributed by atoms with Crippen molar-refractivity contribution in [3.8, 4) is 0 Å². The third-order valence-corrected chi connectivity index (χ3v) is 9.09. The highest BCUT2D eigenvalue weighted by atomic mass is 35.5. The van der Waals surface area contributed by atoms with E-state index >= 15 is 0 Å². The van der Waals surface area contributed by atoms with Crippen LogP contribution in [0.1, 0.15) is 22.8 Å². The first-order chi connectivity index (χ1) is 17.7. The van der Waals surface area contributed by atoms with Crippen molar-refractivity contribution in [2.24, 2.45) is 0 Å². The van der Waals surface area contributed by atoms with Crippen LogP contribution in [0.2, 0.25) is 5.02 Å². The lowest BCUT2D eigenvalue weighted by Crippen LogP contribution is -2.36. The number of anilines is 1. The van der Waals surface area contributed by atoms with Gasteiger partial charge in [-0.15, -0.1) is 12.4 Å². The van der Waals surface area contributed by atoms with Crippen LogP contribution in [0.25, 0.3) is 10.2 Å². The van der Waals surface area contributed by atoms with Crippen molar-refractivity contribution in [1.82, 2.24) is 14.2 Å². The third kappa shape index (κ3) is 6.91. The van der Waals surface area contributed by atoms with Crippen molar-refractivity contribution in [2.75, 3.05) is 38.6 Å². The van der Waals surface area contributed by atoms with Crippen LogP contribution in [-0.4, -0.2) is 62.2 Å². The predicted octanol–water partition coefficient (Wildman–Crippen LogP) is 5.79. The maximum atomic E-state index is 13.6. The molecule has 0 atom stereocenters. The summed E-state index contributed by atoms with van der Waals surface area (Å²) in [5, 5.41) is 1.18. The summed E-state index contributed by atoms with van der Waals surface area (Å²) in [7, 11) is 0.152. The Morgan fingerprint density at radius 2 is 1.66 bits per heavy atom. The van der Waals surface area contributed by atoms with Gasteiger partial charge in [-0.2, -0.15) is 4.31 Å². The van der Waals surface area contributed by atoms with Gasteiger partial charge >= 0.3 is 0 Å². The molecule has 0 saturated carbocycles. The lowest BCUT2D eigenvalue weighted by atomic mass is 10.2. The highest BCUT2D eigenvalue weighted by Gasteiger charge is 2.25. The molecule has 11 heteroatoms. The van der Waals surface area contributed by atoms with Crippen LogP contribution in [0.3, 0.4) is 0 Å². The van der Waals surface area contributed by atoms with E-state index in [0.29, 0.717) is 35.4 Å². The van der Waals surface area contributed by atoms with Crippen molar-refractivity contribution in [1.29, 1.82) is 0 Å². The lowest BCUT2D eigenvalue weighted by Gasteiger charge is -2.23.